The summed E-state index contributed by atoms with van der Waals surface area (Å²) in [7, 11) is 4.80. The van der Waals surface area contributed by atoms with Crippen LogP contribution < -0.4 is 20.7 Å². The molecule has 1 heterocycles. The first-order chi connectivity index (χ1) is 16.9. The zero-order valence-electron chi connectivity index (χ0n) is 20.3. The van der Waals surface area contributed by atoms with Crippen LogP contribution in [0.25, 0.3) is 5.69 Å². The van der Waals surface area contributed by atoms with Gasteiger partial charge in [-0.3, -0.25) is 14.2 Å². The lowest BCUT2D eigenvalue weighted by Gasteiger charge is -2.30. The Morgan fingerprint density at radius 3 is 2.34 bits per heavy atom. The van der Waals surface area contributed by atoms with Crippen molar-refractivity contribution < 1.29 is 14.3 Å². The summed E-state index contributed by atoms with van der Waals surface area (Å²) in [6.45, 7) is -0.0268. The van der Waals surface area contributed by atoms with Gasteiger partial charge in [-0.15, -0.1) is 0 Å². The van der Waals surface area contributed by atoms with Gasteiger partial charge in [-0.2, -0.15) is 9.78 Å². The van der Waals surface area contributed by atoms with E-state index in [9.17, 15) is 14.4 Å². The third-order valence-electron chi connectivity index (χ3n) is 6.50. The summed E-state index contributed by atoms with van der Waals surface area (Å²) in [5.74, 6) is 0.733. The Balaban J connectivity index is 1.82. The lowest BCUT2D eigenvalue weighted by Crippen LogP contribution is -2.48. The van der Waals surface area contributed by atoms with Crippen LogP contribution in [-0.4, -0.2) is 52.5 Å². The summed E-state index contributed by atoms with van der Waals surface area (Å²) in [4.78, 5) is 41.9. The SMILES string of the molecule is COc1ccc(-n2nc(C(=O)N(C)C3CCCCC3)c(=O)n(Cc3cccc(OC)c3)c2=O)cc1. The van der Waals surface area contributed by atoms with Crippen molar-refractivity contribution in [1.29, 1.82) is 0 Å². The first-order valence-corrected chi connectivity index (χ1v) is 11.7. The van der Waals surface area contributed by atoms with Gasteiger partial charge in [0, 0.05) is 13.1 Å². The standard InChI is InChI=1S/C26H30N4O5/c1-28(19-9-5-4-6-10-19)24(31)23-25(32)29(17-18-8-7-11-22(16-18)35-3)26(33)30(27-23)20-12-14-21(34-2)15-13-20/h7-8,11-16,19H,4-6,9-10,17H2,1-3H3. The number of ether oxygens (including phenoxy) is 2. The van der Waals surface area contributed by atoms with E-state index in [4.69, 9.17) is 9.47 Å². The third kappa shape index (κ3) is 5.13. The normalized spacial score (nSPS) is 13.9. The second kappa shape index (κ2) is 10.6. The summed E-state index contributed by atoms with van der Waals surface area (Å²) >= 11 is 0. The molecule has 0 spiro atoms. The molecule has 0 bridgehead atoms. The van der Waals surface area contributed by atoms with Crippen LogP contribution >= 0.6 is 0 Å². The highest BCUT2D eigenvalue weighted by atomic mass is 16.5. The summed E-state index contributed by atoms with van der Waals surface area (Å²) in [5, 5.41) is 4.26. The van der Waals surface area contributed by atoms with Crippen LogP contribution in [0.1, 0.15) is 48.2 Å². The van der Waals surface area contributed by atoms with Gasteiger partial charge >= 0.3 is 5.69 Å². The Morgan fingerprint density at radius 1 is 1.00 bits per heavy atom. The fraction of sp³-hybridized carbons (Fsp3) is 0.385. The Hall–Kier alpha value is -3.88. The van der Waals surface area contributed by atoms with E-state index in [2.05, 4.69) is 5.10 Å². The molecule has 0 radical (unpaired) electrons. The molecule has 1 saturated carbocycles. The molecule has 184 valence electrons. The molecule has 1 aromatic heterocycles. The average Bonchev–Trinajstić information content (AvgIpc) is 2.91. The maximum atomic E-state index is 13.5. The fourth-order valence-electron chi connectivity index (χ4n) is 4.43. The monoisotopic (exact) mass is 478 g/mol. The fourth-order valence-corrected chi connectivity index (χ4v) is 4.43. The van der Waals surface area contributed by atoms with Gasteiger partial charge in [-0.25, -0.2) is 4.79 Å². The number of hydrogen-bond acceptors (Lipinski definition) is 6. The van der Waals surface area contributed by atoms with Gasteiger partial charge < -0.3 is 14.4 Å². The molecular formula is C26H30N4O5. The molecule has 2 aromatic carbocycles. The Morgan fingerprint density at radius 2 is 1.69 bits per heavy atom. The first-order valence-electron chi connectivity index (χ1n) is 11.7. The van der Waals surface area contributed by atoms with Crippen molar-refractivity contribution in [1.82, 2.24) is 19.2 Å². The number of nitrogens with zero attached hydrogens (tertiary/aromatic N) is 4. The molecule has 35 heavy (non-hydrogen) atoms. The number of benzene rings is 2. The van der Waals surface area contributed by atoms with Crippen molar-refractivity contribution in [3.63, 3.8) is 0 Å². The number of rotatable bonds is 7. The van der Waals surface area contributed by atoms with E-state index >= 15 is 0 Å². The minimum atomic E-state index is -0.713. The second-order valence-corrected chi connectivity index (χ2v) is 8.69. The van der Waals surface area contributed by atoms with Crippen molar-refractivity contribution in [3.05, 3.63) is 80.6 Å². The number of carbonyl (C=O) groups excluding carboxylic acids is 1. The molecule has 3 aromatic rings. The number of carbonyl (C=O) groups is 1. The molecule has 0 N–H and O–H groups in total. The van der Waals surface area contributed by atoms with E-state index in [1.807, 2.05) is 0 Å². The number of methoxy groups -OCH3 is 2. The van der Waals surface area contributed by atoms with Crippen molar-refractivity contribution >= 4 is 5.91 Å². The highest BCUT2D eigenvalue weighted by Gasteiger charge is 2.28. The lowest BCUT2D eigenvalue weighted by atomic mass is 9.94. The molecular weight excluding hydrogens is 448 g/mol. The van der Waals surface area contributed by atoms with Crippen molar-refractivity contribution in [2.24, 2.45) is 0 Å². The number of aromatic nitrogens is 3. The van der Waals surface area contributed by atoms with Crippen molar-refractivity contribution in [3.8, 4) is 17.2 Å². The maximum absolute atomic E-state index is 13.5. The topological polar surface area (TPSA) is 95.7 Å². The minimum absolute atomic E-state index is 0.0268. The van der Waals surface area contributed by atoms with Gasteiger partial charge in [0.1, 0.15) is 11.5 Å². The molecule has 0 saturated heterocycles. The van der Waals surface area contributed by atoms with Crippen molar-refractivity contribution in [2.75, 3.05) is 21.3 Å². The van der Waals surface area contributed by atoms with Gasteiger partial charge in [0.2, 0.25) is 5.69 Å². The van der Waals surface area contributed by atoms with Gasteiger partial charge in [-0.05, 0) is 54.8 Å². The maximum Gasteiger partial charge on any atom is 0.352 e. The predicted octanol–water partition coefficient (Wildman–Crippen LogP) is 2.86. The highest BCUT2D eigenvalue weighted by molar-refractivity contribution is 5.91. The van der Waals surface area contributed by atoms with Crippen LogP contribution in [0.15, 0.2) is 58.1 Å². The molecule has 4 rings (SSSR count). The van der Waals surface area contributed by atoms with E-state index < -0.39 is 17.2 Å². The molecule has 1 fully saturated rings. The average molecular weight is 479 g/mol. The number of hydrogen-bond donors (Lipinski definition) is 0. The van der Waals surface area contributed by atoms with Gasteiger partial charge in [0.15, 0.2) is 0 Å². The first kappa shape index (κ1) is 24.3. The summed E-state index contributed by atoms with van der Waals surface area (Å²) in [6, 6.07) is 13.9. The summed E-state index contributed by atoms with van der Waals surface area (Å²) in [5.41, 5.74) is -0.522. The summed E-state index contributed by atoms with van der Waals surface area (Å²) in [6.07, 6.45) is 5.01. The molecule has 9 heteroatoms. The van der Waals surface area contributed by atoms with Crippen LogP contribution in [0.3, 0.4) is 0 Å². The van der Waals surface area contributed by atoms with Crippen LogP contribution in [0.4, 0.5) is 0 Å². The number of amides is 1. The molecule has 0 unspecified atom stereocenters. The highest BCUT2D eigenvalue weighted by Crippen LogP contribution is 2.22. The van der Waals surface area contributed by atoms with E-state index in [-0.39, 0.29) is 18.3 Å². The molecule has 1 aliphatic rings. The Bertz CT molecular complexity index is 1310. The minimum Gasteiger partial charge on any atom is -0.497 e. The Labute approximate surface area is 203 Å². The van der Waals surface area contributed by atoms with Crippen LogP contribution in [-0.2, 0) is 6.54 Å². The van der Waals surface area contributed by atoms with Crippen LogP contribution in [0, 0.1) is 0 Å². The zero-order valence-corrected chi connectivity index (χ0v) is 20.3. The van der Waals surface area contributed by atoms with E-state index in [0.717, 1.165) is 41.4 Å². The largest absolute Gasteiger partial charge is 0.497 e. The predicted molar refractivity (Wildman–Crippen MR) is 132 cm³/mol. The zero-order chi connectivity index (χ0) is 24.9. The van der Waals surface area contributed by atoms with Gasteiger partial charge in [0.25, 0.3) is 11.5 Å². The molecule has 9 nitrogen and oxygen atoms in total. The van der Waals surface area contributed by atoms with Crippen molar-refractivity contribution in [2.45, 2.75) is 44.7 Å². The van der Waals surface area contributed by atoms with E-state index in [0.29, 0.717) is 22.7 Å². The lowest BCUT2D eigenvalue weighted by molar-refractivity contribution is 0.0684. The summed E-state index contributed by atoms with van der Waals surface area (Å²) < 4.78 is 12.6. The molecule has 0 atom stereocenters. The quantitative estimate of drug-likeness (QED) is 0.518. The van der Waals surface area contributed by atoms with Gasteiger partial charge in [-0.1, -0.05) is 31.4 Å². The third-order valence-corrected chi connectivity index (χ3v) is 6.50. The smallest absolute Gasteiger partial charge is 0.352 e. The van der Waals surface area contributed by atoms with Crippen LogP contribution in [0.2, 0.25) is 0 Å². The van der Waals surface area contributed by atoms with Crippen LogP contribution in [0.5, 0.6) is 11.5 Å². The molecule has 0 aliphatic heterocycles. The van der Waals surface area contributed by atoms with E-state index in [1.165, 1.54) is 0 Å². The second-order valence-electron chi connectivity index (χ2n) is 8.69. The molecule has 1 amide bonds. The Kier molecular flexibility index (Phi) is 7.33. The van der Waals surface area contributed by atoms with Gasteiger partial charge in [0.05, 0.1) is 26.5 Å². The van der Waals surface area contributed by atoms with E-state index in [1.54, 1.807) is 74.7 Å². The molecule has 1 aliphatic carbocycles.